The van der Waals surface area contributed by atoms with Crippen molar-refractivity contribution in [3.05, 3.63) is 64.6 Å². The number of nitrogens with one attached hydrogen (secondary N) is 2. The molecule has 0 atom stereocenters. The van der Waals surface area contributed by atoms with Crippen LogP contribution in [0.15, 0.2) is 42.6 Å². The van der Waals surface area contributed by atoms with E-state index in [9.17, 15) is 13.2 Å². The molecule has 13 heteroatoms. The maximum absolute atomic E-state index is 13.4. The summed E-state index contributed by atoms with van der Waals surface area (Å²) in [7, 11) is -0.0819. The molecule has 232 valence electrons. The highest BCUT2D eigenvalue weighted by molar-refractivity contribution is 7.92. The Hall–Kier alpha value is -3.45. The predicted molar refractivity (Wildman–Crippen MR) is 169 cm³/mol. The lowest BCUT2D eigenvalue weighted by Crippen LogP contribution is -2.29. The van der Waals surface area contributed by atoms with Gasteiger partial charge in [-0.15, -0.1) is 0 Å². The molecule has 1 amide bonds. The molecule has 1 fully saturated rings. The van der Waals surface area contributed by atoms with Crippen LogP contribution in [0.2, 0.25) is 5.02 Å². The molecular formula is C30H39ClN6O5S. The summed E-state index contributed by atoms with van der Waals surface area (Å²) in [6.45, 7) is 10.5. The van der Waals surface area contributed by atoms with Crippen LogP contribution in [0, 0.1) is 0 Å². The maximum Gasteiger partial charge on any atom is 0.255 e. The van der Waals surface area contributed by atoms with Crippen molar-refractivity contribution in [2.75, 3.05) is 56.6 Å². The highest BCUT2D eigenvalue weighted by atomic mass is 35.5. The molecule has 1 aliphatic heterocycles. The van der Waals surface area contributed by atoms with Gasteiger partial charge in [0.1, 0.15) is 11.6 Å². The van der Waals surface area contributed by atoms with E-state index in [0.717, 1.165) is 44.4 Å². The topological polar surface area (TPSA) is 126 Å². The Kier molecular flexibility index (Phi) is 10.2. The first-order valence-corrected chi connectivity index (χ1v) is 16.2. The van der Waals surface area contributed by atoms with Gasteiger partial charge in [-0.05, 0) is 67.9 Å². The summed E-state index contributed by atoms with van der Waals surface area (Å²) in [4.78, 5) is 27.1. The number of benzene rings is 2. The molecule has 0 bridgehead atoms. The number of hydrogen-bond acceptors (Lipinski definition) is 9. The lowest BCUT2D eigenvalue weighted by molar-refractivity contribution is 0.102. The first-order valence-electron chi connectivity index (χ1n) is 13.9. The van der Waals surface area contributed by atoms with Crippen LogP contribution in [0.1, 0.15) is 48.9 Å². The van der Waals surface area contributed by atoms with Crippen molar-refractivity contribution >= 4 is 38.9 Å². The quantitative estimate of drug-likeness (QED) is 0.336. The SMILES string of the molecule is COc1c(NC(=O)c2ccc(Cl)c(Oc3ccnc(CN4CCCN(C)CC4)n3)c2)cc(C(C)(C)C)cc1NS(C)(=O)=O. The Bertz CT molecular complexity index is 1580. The zero-order valence-corrected chi connectivity index (χ0v) is 27.0. The maximum atomic E-state index is 13.4. The number of sulfonamides is 1. The summed E-state index contributed by atoms with van der Waals surface area (Å²) in [5, 5.41) is 3.16. The summed E-state index contributed by atoms with van der Waals surface area (Å²) in [6, 6.07) is 9.78. The van der Waals surface area contributed by atoms with Gasteiger partial charge < -0.3 is 19.7 Å². The molecule has 0 saturated carbocycles. The molecule has 0 spiro atoms. The van der Waals surface area contributed by atoms with Crippen LogP contribution >= 0.6 is 11.6 Å². The van der Waals surface area contributed by atoms with Crippen molar-refractivity contribution in [1.29, 1.82) is 0 Å². The third-order valence-electron chi connectivity index (χ3n) is 6.97. The Morgan fingerprint density at radius 2 is 1.81 bits per heavy atom. The number of ether oxygens (including phenoxy) is 2. The summed E-state index contributed by atoms with van der Waals surface area (Å²) in [5.74, 6) is 0.918. The number of amides is 1. The summed E-state index contributed by atoms with van der Waals surface area (Å²) < 4.78 is 38.1. The summed E-state index contributed by atoms with van der Waals surface area (Å²) >= 11 is 6.44. The number of nitrogens with zero attached hydrogens (tertiary/aromatic N) is 4. The number of hydrogen-bond donors (Lipinski definition) is 2. The van der Waals surface area contributed by atoms with Crippen LogP contribution < -0.4 is 19.5 Å². The molecule has 4 rings (SSSR count). The Morgan fingerprint density at radius 1 is 1.07 bits per heavy atom. The highest BCUT2D eigenvalue weighted by Crippen LogP contribution is 2.39. The number of rotatable bonds is 9. The monoisotopic (exact) mass is 630 g/mol. The number of halogens is 1. The Morgan fingerprint density at radius 3 is 2.51 bits per heavy atom. The second-order valence-corrected chi connectivity index (χ2v) is 13.8. The molecule has 2 N–H and O–H groups in total. The van der Waals surface area contributed by atoms with Gasteiger partial charge in [0.2, 0.25) is 15.9 Å². The largest absolute Gasteiger partial charge is 0.492 e. The molecule has 0 unspecified atom stereocenters. The minimum atomic E-state index is -3.61. The third-order valence-corrected chi connectivity index (χ3v) is 7.87. The Labute approximate surface area is 258 Å². The van der Waals surface area contributed by atoms with Crippen molar-refractivity contribution in [1.82, 2.24) is 19.8 Å². The minimum Gasteiger partial charge on any atom is -0.492 e. The third kappa shape index (κ3) is 9.02. The zero-order chi connectivity index (χ0) is 31.4. The van der Waals surface area contributed by atoms with Crippen LogP contribution in [0.4, 0.5) is 11.4 Å². The van der Waals surface area contributed by atoms with Gasteiger partial charge in [-0.1, -0.05) is 32.4 Å². The highest BCUT2D eigenvalue weighted by Gasteiger charge is 2.23. The average Bonchev–Trinajstić information content (AvgIpc) is 3.12. The van der Waals surface area contributed by atoms with Gasteiger partial charge >= 0.3 is 0 Å². The van der Waals surface area contributed by atoms with E-state index in [-0.39, 0.29) is 28.2 Å². The average molecular weight is 631 g/mol. The van der Waals surface area contributed by atoms with E-state index in [0.29, 0.717) is 29.0 Å². The van der Waals surface area contributed by atoms with Crippen LogP contribution in [0.3, 0.4) is 0 Å². The van der Waals surface area contributed by atoms with Gasteiger partial charge in [-0.25, -0.2) is 13.4 Å². The van der Waals surface area contributed by atoms with Gasteiger partial charge in [0.05, 0.1) is 36.3 Å². The van der Waals surface area contributed by atoms with Gasteiger partial charge in [-0.3, -0.25) is 14.4 Å². The minimum absolute atomic E-state index is 0.182. The molecule has 1 saturated heterocycles. The predicted octanol–water partition coefficient (Wildman–Crippen LogP) is 4.99. The second-order valence-electron chi connectivity index (χ2n) is 11.7. The molecule has 3 aromatic rings. The van der Waals surface area contributed by atoms with Crippen molar-refractivity contribution < 1.29 is 22.7 Å². The van der Waals surface area contributed by atoms with Crippen molar-refractivity contribution in [3.63, 3.8) is 0 Å². The van der Waals surface area contributed by atoms with Gasteiger partial charge in [0.15, 0.2) is 5.75 Å². The zero-order valence-electron chi connectivity index (χ0n) is 25.4. The van der Waals surface area contributed by atoms with Crippen molar-refractivity contribution in [2.24, 2.45) is 0 Å². The van der Waals surface area contributed by atoms with Gasteiger partial charge in [-0.2, -0.15) is 4.98 Å². The molecule has 2 heterocycles. The van der Waals surface area contributed by atoms with Crippen molar-refractivity contribution in [3.8, 4) is 17.4 Å². The fourth-order valence-electron chi connectivity index (χ4n) is 4.65. The van der Waals surface area contributed by atoms with E-state index in [1.807, 2.05) is 20.8 Å². The fraction of sp³-hybridized carbons (Fsp3) is 0.433. The normalized spacial score (nSPS) is 15.0. The number of anilines is 2. The van der Waals surface area contributed by atoms with Crippen LogP contribution in [0.5, 0.6) is 17.4 Å². The molecular weight excluding hydrogens is 592 g/mol. The second kappa shape index (κ2) is 13.5. The van der Waals surface area contributed by atoms with E-state index in [1.54, 1.807) is 36.5 Å². The van der Waals surface area contributed by atoms with Crippen LogP contribution in [-0.4, -0.2) is 80.7 Å². The lowest BCUT2D eigenvalue weighted by atomic mass is 9.86. The van der Waals surface area contributed by atoms with E-state index in [2.05, 4.69) is 36.9 Å². The van der Waals surface area contributed by atoms with E-state index < -0.39 is 15.9 Å². The molecule has 11 nitrogen and oxygen atoms in total. The van der Waals surface area contributed by atoms with Crippen molar-refractivity contribution in [2.45, 2.75) is 39.2 Å². The Balaban J connectivity index is 1.56. The standard InChI is InChI=1S/C30H39ClN6O5S/c1-30(2,3)21-17-23(28(41-5)24(18-21)35-43(6,39)40)33-29(38)20-8-9-22(31)25(16-20)42-27-10-11-32-26(34-27)19-37-13-7-12-36(4)14-15-37/h8-11,16-18,35H,7,12-15,19H2,1-6H3,(H,33,38). The molecule has 0 radical (unpaired) electrons. The van der Waals surface area contributed by atoms with E-state index >= 15 is 0 Å². The van der Waals surface area contributed by atoms with Gasteiger partial charge in [0.25, 0.3) is 5.91 Å². The molecule has 0 aliphatic carbocycles. The first-order chi connectivity index (χ1) is 20.2. The number of likely N-dealkylation sites (N-methyl/N-ethyl adjacent to an activating group) is 1. The smallest absolute Gasteiger partial charge is 0.255 e. The van der Waals surface area contributed by atoms with Crippen LogP contribution in [-0.2, 0) is 22.0 Å². The molecule has 43 heavy (non-hydrogen) atoms. The van der Waals surface area contributed by atoms with Gasteiger partial charge in [0, 0.05) is 30.9 Å². The van der Waals surface area contributed by atoms with E-state index in [1.165, 1.54) is 13.2 Å². The first kappa shape index (κ1) is 32.5. The molecule has 1 aliphatic rings. The summed E-state index contributed by atoms with van der Waals surface area (Å²) in [6.07, 6.45) is 3.78. The lowest BCUT2D eigenvalue weighted by Gasteiger charge is -2.24. The number of methoxy groups -OCH3 is 1. The molecule has 2 aromatic carbocycles. The summed E-state index contributed by atoms with van der Waals surface area (Å²) in [5.41, 5.74) is 1.24. The van der Waals surface area contributed by atoms with Crippen LogP contribution in [0.25, 0.3) is 0 Å². The number of carbonyl (C=O) groups excluding carboxylic acids is 1. The molecule has 1 aromatic heterocycles. The number of aromatic nitrogens is 2. The fourth-order valence-corrected chi connectivity index (χ4v) is 5.36. The van der Waals surface area contributed by atoms with E-state index in [4.69, 9.17) is 21.1 Å². The number of carbonyl (C=O) groups is 1.